The number of halogens is 1. The van der Waals surface area contributed by atoms with Crippen LogP contribution in [0.4, 0.5) is 0 Å². The van der Waals surface area contributed by atoms with E-state index in [-0.39, 0.29) is 6.04 Å². The minimum Gasteiger partial charge on any atom is -0.496 e. The average molecular weight is 274 g/mol. The molecular formula is C10H12BrNOS. The molecule has 4 heteroatoms. The van der Waals surface area contributed by atoms with E-state index >= 15 is 0 Å². The fourth-order valence-corrected chi connectivity index (χ4v) is 3.43. The smallest absolute Gasteiger partial charge is 0.123 e. The Bertz CT molecular complexity index is 356. The fourth-order valence-electron chi connectivity index (χ4n) is 1.73. The van der Waals surface area contributed by atoms with Crippen LogP contribution in [-0.4, -0.2) is 12.9 Å². The monoisotopic (exact) mass is 273 g/mol. The second kappa shape index (κ2) is 4.13. The highest BCUT2D eigenvalue weighted by Crippen LogP contribution is 2.39. The topological polar surface area (TPSA) is 35.2 Å². The summed E-state index contributed by atoms with van der Waals surface area (Å²) in [7, 11) is 1.70. The Balaban J connectivity index is 2.57. The third-order valence-corrected chi connectivity index (χ3v) is 4.17. The summed E-state index contributed by atoms with van der Waals surface area (Å²) in [5.41, 5.74) is 8.52. The summed E-state index contributed by atoms with van der Waals surface area (Å²) >= 11 is 5.40. The van der Waals surface area contributed by atoms with E-state index in [1.807, 2.05) is 23.9 Å². The van der Waals surface area contributed by atoms with Gasteiger partial charge in [-0.25, -0.2) is 0 Å². The van der Waals surface area contributed by atoms with E-state index in [4.69, 9.17) is 10.5 Å². The lowest BCUT2D eigenvalue weighted by Gasteiger charge is -2.24. The number of methoxy groups -OCH3 is 1. The first-order valence-corrected chi connectivity index (χ1v) is 6.37. The molecule has 0 aliphatic carbocycles. The predicted molar refractivity (Wildman–Crippen MR) is 63.8 cm³/mol. The minimum absolute atomic E-state index is 0.119. The van der Waals surface area contributed by atoms with Crippen LogP contribution in [0.2, 0.25) is 0 Å². The van der Waals surface area contributed by atoms with Crippen molar-refractivity contribution in [2.45, 2.75) is 11.8 Å². The molecule has 2 N–H and O–H groups in total. The number of rotatable bonds is 1. The maximum Gasteiger partial charge on any atom is 0.123 e. The molecule has 2 nitrogen and oxygen atoms in total. The van der Waals surface area contributed by atoms with Gasteiger partial charge in [0.2, 0.25) is 0 Å². The van der Waals surface area contributed by atoms with E-state index in [0.717, 1.165) is 21.7 Å². The second-order valence-corrected chi connectivity index (χ2v) is 5.15. The first-order valence-electron chi connectivity index (χ1n) is 4.42. The molecule has 0 saturated heterocycles. The number of fused-ring (bicyclic) bond motifs is 1. The molecule has 14 heavy (non-hydrogen) atoms. The summed E-state index contributed by atoms with van der Waals surface area (Å²) in [5.74, 6) is 2.93. The van der Waals surface area contributed by atoms with E-state index in [2.05, 4.69) is 15.9 Å². The number of hydrogen-bond donors (Lipinski definition) is 1. The molecule has 1 aliphatic heterocycles. The molecule has 0 radical (unpaired) electrons. The van der Waals surface area contributed by atoms with Gasteiger partial charge in [-0.05, 0) is 17.7 Å². The second-order valence-electron chi connectivity index (χ2n) is 3.26. The maximum atomic E-state index is 6.06. The molecule has 0 amide bonds. The fraction of sp³-hybridized carbons (Fsp3) is 0.400. The Morgan fingerprint density at radius 2 is 2.36 bits per heavy atom. The molecule has 0 unspecified atom stereocenters. The summed E-state index contributed by atoms with van der Waals surface area (Å²) in [6.45, 7) is 0. The zero-order valence-corrected chi connectivity index (χ0v) is 10.3. The number of thioether (sulfide) groups is 1. The van der Waals surface area contributed by atoms with Crippen molar-refractivity contribution in [1.82, 2.24) is 0 Å². The van der Waals surface area contributed by atoms with Crippen LogP contribution in [0.5, 0.6) is 5.75 Å². The molecule has 2 rings (SSSR count). The largest absolute Gasteiger partial charge is 0.496 e. The van der Waals surface area contributed by atoms with Gasteiger partial charge >= 0.3 is 0 Å². The van der Waals surface area contributed by atoms with Crippen LogP contribution in [-0.2, 0) is 5.75 Å². The van der Waals surface area contributed by atoms with Crippen LogP contribution in [0, 0.1) is 0 Å². The zero-order chi connectivity index (χ0) is 10.1. The third kappa shape index (κ3) is 1.66. The van der Waals surface area contributed by atoms with Crippen molar-refractivity contribution in [2.75, 3.05) is 12.9 Å². The van der Waals surface area contributed by atoms with Gasteiger partial charge in [0.05, 0.1) is 7.11 Å². The van der Waals surface area contributed by atoms with Gasteiger partial charge in [0.15, 0.2) is 0 Å². The summed E-state index contributed by atoms with van der Waals surface area (Å²) in [4.78, 5) is 0. The van der Waals surface area contributed by atoms with E-state index in [1.54, 1.807) is 7.11 Å². The molecule has 1 heterocycles. The van der Waals surface area contributed by atoms with Gasteiger partial charge in [0.1, 0.15) is 5.75 Å². The van der Waals surface area contributed by atoms with Crippen molar-refractivity contribution in [2.24, 2.45) is 5.73 Å². The van der Waals surface area contributed by atoms with Gasteiger partial charge in [0, 0.05) is 27.6 Å². The molecule has 1 aliphatic rings. The van der Waals surface area contributed by atoms with Gasteiger partial charge in [-0.2, -0.15) is 11.8 Å². The van der Waals surface area contributed by atoms with Crippen molar-refractivity contribution >= 4 is 27.7 Å². The van der Waals surface area contributed by atoms with Gasteiger partial charge in [-0.15, -0.1) is 0 Å². The van der Waals surface area contributed by atoms with E-state index in [0.29, 0.717) is 0 Å². The highest BCUT2D eigenvalue weighted by Gasteiger charge is 2.22. The van der Waals surface area contributed by atoms with Crippen LogP contribution in [0.1, 0.15) is 17.2 Å². The normalized spacial score (nSPS) is 20.4. The minimum atomic E-state index is 0.119. The lowest BCUT2D eigenvalue weighted by atomic mass is 10.0. The van der Waals surface area contributed by atoms with E-state index in [1.165, 1.54) is 11.1 Å². The van der Waals surface area contributed by atoms with Crippen molar-refractivity contribution in [3.63, 3.8) is 0 Å². The summed E-state index contributed by atoms with van der Waals surface area (Å²) in [6.07, 6.45) is 0. The Kier molecular flexibility index (Phi) is 3.04. The lowest BCUT2D eigenvalue weighted by Crippen LogP contribution is -2.20. The Morgan fingerprint density at radius 1 is 1.57 bits per heavy atom. The van der Waals surface area contributed by atoms with Crippen molar-refractivity contribution in [3.8, 4) is 5.75 Å². The van der Waals surface area contributed by atoms with Crippen molar-refractivity contribution in [1.29, 1.82) is 0 Å². The number of nitrogens with two attached hydrogens (primary N) is 1. The van der Waals surface area contributed by atoms with E-state index < -0.39 is 0 Å². The SMILES string of the molecule is COc1ccc(Br)c2c1CSC[C@@H]2N. The van der Waals surface area contributed by atoms with Crippen molar-refractivity contribution < 1.29 is 4.74 Å². The molecule has 0 bridgehead atoms. The summed E-state index contributed by atoms with van der Waals surface area (Å²) in [6, 6.07) is 4.11. The van der Waals surface area contributed by atoms with Gasteiger partial charge in [-0.1, -0.05) is 15.9 Å². The van der Waals surface area contributed by atoms with Crippen LogP contribution < -0.4 is 10.5 Å². The van der Waals surface area contributed by atoms with E-state index in [9.17, 15) is 0 Å². The number of hydrogen-bond acceptors (Lipinski definition) is 3. The maximum absolute atomic E-state index is 6.06. The van der Waals surface area contributed by atoms with Crippen LogP contribution in [0.15, 0.2) is 16.6 Å². The molecule has 0 aromatic heterocycles. The van der Waals surface area contributed by atoms with Crippen LogP contribution >= 0.6 is 27.7 Å². The van der Waals surface area contributed by atoms with Crippen LogP contribution in [0.25, 0.3) is 0 Å². The Labute approximate surface area is 96.3 Å². The highest BCUT2D eigenvalue weighted by atomic mass is 79.9. The van der Waals surface area contributed by atoms with Gasteiger partial charge in [-0.3, -0.25) is 0 Å². The van der Waals surface area contributed by atoms with Gasteiger partial charge in [0.25, 0.3) is 0 Å². The Morgan fingerprint density at radius 3 is 3.07 bits per heavy atom. The first-order chi connectivity index (χ1) is 6.74. The molecular weight excluding hydrogens is 262 g/mol. The highest BCUT2D eigenvalue weighted by molar-refractivity contribution is 9.10. The molecule has 0 fully saturated rings. The standard InChI is InChI=1S/C10H12BrNOS/c1-13-9-3-2-7(11)10-6(9)4-14-5-8(10)12/h2-3,8H,4-5,12H2,1H3/t8-/m0/s1. The number of ether oxygens (including phenoxy) is 1. The molecule has 0 saturated carbocycles. The van der Waals surface area contributed by atoms with Crippen molar-refractivity contribution in [3.05, 3.63) is 27.7 Å². The van der Waals surface area contributed by atoms with Gasteiger partial charge < -0.3 is 10.5 Å². The third-order valence-electron chi connectivity index (χ3n) is 2.40. The summed E-state index contributed by atoms with van der Waals surface area (Å²) in [5, 5.41) is 0. The quantitative estimate of drug-likeness (QED) is 0.855. The predicted octanol–water partition coefficient (Wildman–Crippen LogP) is 2.70. The molecule has 0 spiro atoms. The molecule has 1 aromatic rings. The lowest BCUT2D eigenvalue weighted by molar-refractivity contribution is 0.410. The zero-order valence-electron chi connectivity index (χ0n) is 7.92. The Hall–Kier alpha value is -0.190. The average Bonchev–Trinajstić information content (AvgIpc) is 2.18. The molecule has 76 valence electrons. The number of benzene rings is 1. The molecule has 1 aromatic carbocycles. The molecule has 1 atom stereocenters. The summed E-state index contributed by atoms with van der Waals surface area (Å²) < 4.78 is 6.42. The van der Waals surface area contributed by atoms with Crippen LogP contribution in [0.3, 0.4) is 0 Å². The first kappa shape index (κ1) is 10.3.